The highest BCUT2D eigenvalue weighted by atomic mass is 19.1. The van der Waals surface area contributed by atoms with Crippen LogP contribution in [-0.2, 0) is 22.6 Å². The Kier molecular flexibility index (Phi) is 9.00. The number of carbonyl (C=O) groups is 2. The van der Waals surface area contributed by atoms with Gasteiger partial charge in [-0.1, -0.05) is 48.5 Å². The summed E-state index contributed by atoms with van der Waals surface area (Å²) in [4.78, 5) is 22.6. The topological polar surface area (TPSA) is 75.6 Å². The lowest BCUT2D eigenvalue weighted by atomic mass is 10.0. The summed E-state index contributed by atoms with van der Waals surface area (Å²) in [5, 5.41) is 11.6. The molecule has 0 saturated carbocycles. The first-order valence-electron chi connectivity index (χ1n) is 11.0. The molecule has 172 valence electrons. The van der Waals surface area contributed by atoms with Crippen LogP contribution in [0.5, 0.6) is 5.75 Å². The second-order valence-electron chi connectivity index (χ2n) is 7.83. The first kappa shape index (κ1) is 24.0. The summed E-state index contributed by atoms with van der Waals surface area (Å²) in [7, 11) is 0. The molecular weight excluding hydrogens is 421 g/mol. The quantitative estimate of drug-likeness (QED) is 0.364. The largest absolute Gasteiger partial charge is 0.493 e. The lowest BCUT2D eigenvalue weighted by Crippen LogP contribution is -2.22. The van der Waals surface area contributed by atoms with Gasteiger partial charge in [0, 0.05) is 13.0 Å². The number of carboxylic acid groups (broad SMARTS) is 1. The van der Waals surface area contributed by atoms with E-state index < -0.39 is 5.97 Å². The first-order valence-corrected chi connectivity index (χ1v) is 11.0. The van der Waals surface area contributed by atoms with Crippen molar-refractivity contribution >= 4 is 11.9 Å². The van der Waals surface area contributed by atoms with Crippen LogP contribution in [0.15, 0.2) is 72.8 Å². The molecule has 0 unspecified atom stereocenters. The molecule has 3 rings (SSSR count). The second-order valence-corrected chi connectivity index (χ2v) is 7.83. The molecule has 0 saturated heterocycles. The molecule has 0 spiro atoms. The number of nitrogens with one attached hydrogen (secondary N) is 1. The summed E-state index contributed by atoms with van der Waals surface area (Å²) in [6.07, 6.45) is 2.79. The fourth-order valence-corrected chi connectivity index (χ4v) is 3.41. The molecule has 0 aliphatic heterocycles. The molecule has 2 N–H and O–H groups in total. The number of aliphatic carboxylic acids is 1. The zero-order chi connectivity index (χ0) is 23.5. The highest BCUT2D eigenvalue weighted by Gasteiger charge is 2.04. The fourth-order valence-electron chi connectivity index (χ4n) is 3.41. The molecule has 0 fully saturated rings. The average Bonchev–Trinajstić information content (AvgIpc) is 2.81. The van der Waals surface area contributed by atoms with E-state index in [0.29, 0.717) is 18.7 Å². The Morgan fingerprint density at radius 1 is 0.848 bits per heavy atom. The minimum atomic E-state index is -0.885. The van der Waals surface area contributed by atoms with Crippen molar-refractivity contribution in [3.8, 4) is 16.9 Å². The van der Waals surface area contributed by atoms with Crippen LogP contribution in [0.2, 0.25) is 0 Å². The maximum Gasteiger partial charge on any atom is 0.306 e. The van der Waals surface area contributed by atoms with Crippen molar-refractivity contribution in [1.82, 2.24) is 5.32 Å². The van der Waals surface area contributed by atoms with Gasteiger partial charge in [-0.15, -0.1) is 0 Å². The Morgan fingerprint density at radius 3 is 2.21 bits per heavy atom. The number of halogens is 1. The number of carbonyl (C=O) groups excluding carboxylic acids is 1. The molecule has 3 aromatic rings. The van der Waals surface area contributed by atoms with Crippen molar-refractivity contribution in [3.63, 3.8) is 0 Å². The summed E-state index contributed by atoms with van der Waals surface area (Å²) < 4.78 is 18.6. The van der Waals surface area contributed by atoms with Crippen molar-refractivity contribution in [3.05, 3.63) is 89.7 Å². The number of unbranched alkanes of at least 4 members (excludes halogenated alkanes) is 1. The Balaban J connectivity index is 1.38. The van der Waals surface area contributed by atoms with E-state index in [9.17, 15) is 14.0 Å². The van der Waals surface area contributed by atoms with Gasteiger partial charge in [0.2, 0.25) is 5.91 Å². The predicted octanol–water partition coefficient (Wildman–Crippen LogP) is 5.38. The second kappa shape index (κ2) is 12.4. The summed E-state index contributed by atoms with van der Waals surface area (Å²) in [6, 6.07) is 22.0. The van der Waals surface area contributed by atoms with Crippen LogP contribution in [0.25, 0.3) is 11.1 Å². The maximum atomic E-state index is 13.2. The summed E-state index contributed by atoms with van der Waals surface area (Å²) >= 11 is 0. The molecule has 0 radical (unpaired) electrons. The summed E-state index contributed by atoms with van der Waals surface area (Å²) in [5.74, 6) is -0.467. The van der Waals surface area contributed by atoms with Gasteiger partial charge in [0.15, 0.2) is 0 Å². The summed E-state index contributed by atoms with van der Waals surface area (Å²) in [5.41, 5.74) is 4.03. The van der Waals surface area contributed by atoms with Gasteiger partial charge in [-0.05, 0) is 65.8 Å². The van der Waals surface area contributed by atoms with E-state index in [1.807, 2.05) is 54.6 Å². The van der Waals surface area contributed by atoms with Gasteiger partial charge >= 0.3 is 5.97 Å². The molecular formula is C27H28FNO4. The zero-order valence-corrected chi connectivity index (χ0v) is 18.4. The van der Waals surface area contributed by atoms with Crippen LogP contribution in [0.4, 0.5) is 4.39 Å². The molecule has 1 amide bonds. The maximum absolute atomic E-state index is 13.2. The number of hydrogen-bond acceptors (Lipinski definition) is 3. The van der Waals surface area contributed by atoms with Crippen molar-refractivity contribution in [2.24, 2.45) is 0 Å². The Hall–Kier alpha value is -3.67. The van der Waals surface area contributed by atoms with Crippen molar-refractivity contribution in [2.45, 2.75) is 38.6 Å². The predicted molar refractivity (Wildman–Crippen MR) is 125 cm³/mol. The molecule has 3 aromatic carbocycles. The molecule has 0 aliphatic carbocycles. The fraction of sp³-hybridized carbons (Fsp3) is 0.259. The molecule has 0 atom stereocenters. The van der Waals surface area contributed by atoms with Crippen LogP contribution >= 0.6 is 0 Å². The number of benzene rings is 3. The standard InChI is InChI=1S/C27H28FNO4/c28-24-6-3-5-20(18-24)4-1-2-7-26(30)29-19-21-8-10-22(11-9-21)23-12-14-25(15-13-23)33-17-16-27(31)32/h3,5-6,8-15,18H,1-2,4,7,16-17,19H2,(H,29,30)(H,31,32). The molecule has 0 aliphatic rings. The van der Waals surface area contributed by atoms with E-state index in [-0.39, 0.29) is 24.8 Å². The SMILES string of the molecule is O=C(O)CCOc1ccc(-c2ccc(CNC(=O)CCCCc3cccc(F)c3)cc2)cc1. The average molecular weight is 450 g/mol. The van der Waals surface area contributed by atoms with Crippen molar-refractivity contribution < 1.29 is 23.8 Å². The lowest BCUT2D eigenvalue weighted by molar-refractivity contribution is -0.137. The van der Waals surface area contributed by atoms with E-state index >= 15 is 0 Å². The molecule has 5 nitrogen and oxygen atoms in total. The normalized spacial score (nSPS) is 10.6. The van der Waals surface area contributed by atoms with E-state index in [1.165, 1.54) is 12.1 Å². The smallest absolute Gasteiger partial charge is 0.306 e. The van der Waals surface area contributed by atoms with Gasteiger partial charge in [0.1, 0.15) is 11.6 Å². The molecule has 0 bridgehead atoms. The van der Waals surface area contributed by atoms with Gasteiger partial charge in [-0.2, -0.15) is 0 Å². The van der Waals surface area contributed by atoms with Crippen LogP contribution in [0.1, 0.15) is 36.8 Å². The third-order valence-corrected chi connectivity index (χ3v) is 5.22. The highest BCUT2D eigenvalue weighted by Crippen LogP contribution is 2.23. The number of amides is 1. The third-order valence-electron chi connectivity index (χ3n) is 5.22. The minimum Gasteiger partial charge on any atom is -0.493 e. The number of ether oxygens (including phenoxy) is 1. The third kappa shape index (κ3) is 8.41. The molecule has 33 heavy (non-hydrogen) atoms. The Bertz CT molecular complexity index is 1050. The number of hydrogen-bond donors (Lipinski definition) is 2. The van der Waals surface area contributed by atoms with E-state index in [0.717, 1.165) is 41.5 Å². The monoisotopic (exact) mass is 449 g/mol. The van der Waals surface area contributed by atoms with Crippen LogP contribution in [0.3, 0.4) is 0 Å². The van der Waals surface area contributed by atoms with Gasteiger partial charge in [-0.3, -0.25) is 9.59 Å². The van der Waals surface area contributed by atoms with Gasteiger partial charge in [0.05, 0.1) is 13.0 Å². The molecule has 0 heterocycles. The van der Waals surface area contributed by atoms with Gasteiger partial charge < -0.3 is 15.2 Å². The lowest BCUT2D eigenvalue weighted by Gasteiger charge is -2.08. The van der Waals surface area contributed by atoms with E-state index in [1.54, 1.807) is 6.07 Å². The highest BCUT2D eigenvalue weighted by molar-refractivity contribution is 5.75. The number of aryl methyl sites for hydroxylation is 1. The first-order chi connectivity index (χ1) is 16.0. The van der Waals surface area contributed by atoms with E-state index in [4.69, 9.17) is 9.84 Å². The van der Waals surface area contributed by atoms with Crippen LogP contribution in [0, 0.1) is 5.82 Å². The van der Waals surface area contributed by atoms with Crippen LogP contribution < -0.4 is 10.1 Å². The number of rotatable bonds is 12. The summed E-state index contributed by atoms with van der Waals surface area (Å²) in [6.45, 7) is 0.613. The Labute approximate surface area is 193 Å². The minimum absolute atomic E-state index is 0.0109. The van der Waals surface area contributed by atoms with Gasteiger partial charge in [-0.25, -0.2) is 4.39 Å². The van der Waals surface area contributed by atoms with Crippen molar-refractivity contribution in [2.75, 3.05) is 6.61 Å². The Morgan fingerprint density at radius 2 is 1.55 bits per heavy atom. The van der Waals surface area contributed by atoms with E-state index in [2.05, 4.69) is 5.32 Å². The van der Waals surface area contributed by atoms with Gasteiger partial charge in [0.25, 0.3) is 0 Å². The van der Waals surface area contributed by atoms with Crippen LogP contribution in [-0.4, -0.2) is 23.6 Å². The van der Waals surface area contributed by atoms with Crippen molar-refractivity contribution in [1.29, 1.82) is 0 Å². The zero-order valence-electron chi connectivity index (χ0n) is 18.4. The number of carboxylic acids is 1. The molecule has 6 heteroatoms. The molecule has 0 aromatic heterocycles.